The zero-order valence-corrected chi connectivity index (χ0v) is 14.2. The van der Waals surface area contributed by atoms with E-state index in [9.17, 15) is 0 Å². The molecule has 22 heavy (non-hydrogen) atoms. The second kappa shape index (κ2) is 4.27. The molecule has 0 aromatic heterocycles. The molecule has 3 atom stereocenters. The lowest BCUT2D eigenvalue weighted by Crippen LogP contribution is -2.77. The van der Waals surface area contributed by atoms with Crippen LogP contribution in [0.15, 0.2) is 36.4 Å². The summed E-state index contributed by atoms with van der Waals surface area (Å²) in [5, 5.41) is 2.69. The van der Waals surface area contributed by atoms with Crippen LogP contribution in [0.3, 0.4) is 0 Å². The predicted octanol–water partition coefficient (Wildman–Crippen LogP) is 3.85. The molecule has 0 N–H and O–H groups in total. The van der Waals surface area contributed by atoms with E-state index in [2.05, 4.69) is 76.2 Å². The molecule has 3 nitrogen and oxygen atoms in total. The van der Waals surface area contributed by atoms with Crippen molar-refractivity contribution >= 4 is 28.8 Å². The highest BCUT2D eigenvalue weighted by Gasteiger charge is 2.60. The van der Waals surface area contributed by atoms with Crippen LogP contribution in [0, 0.1) is 5.92 Å². The summed E-state index contributed by atoms with van der Waals surface area (Å²) in [6.45, 7) is 4.37. The molecule has 4 heteroatoms. The van der Waals surface area contributed by atoms with Gasteiger partial charge in [0.05, 0.1) is 5.39 Å². The Morgan fingerprint density at radius 1 is 1.14 bits per heavy atom. The topological polar surface area (TPSA) is 12.5 Å². The summed E-state index contributed by atoms with van der Waals surface area (Å²) in [5.74, 6) is 1.10. The average Bonchev–Trinajstić information content (AvgIpc) is 2.81. The minimum absolute atomic E-state index is 0.517. The SMILES string of the molecule is CC1CO[B-]2(C1C)N(C)c1cccc3cccc(c13)[N+]2(C)C. The van der Waals surface area contributed by atoms with Crippen LogP contribution in [0.1, 0.15) is 13.8 Å². The Bertz CT molecular complexity index is 755. The van der Waals surface area contributed by atoms with Crippen molar-refractivity contribution in [2.75, 3.05) is 32.6 Å². The quantitative estimate of drug-likeness (QED) is 0.685. The number of hydrogen-bond acceptors (Lipinski definition) is 2. The van der Waals surface area contributed by atoms with E-state index in [4.69, 9.17) is 4.65 Å². The van der Waals surface area contributed by atoms with Crippen molar-refractivity contribution < 1.29 is 4.65 Å². The number of rotatable bonds is 0. The number of anilines is 1. The zero-order chi connectivity index (χ0) is 15.7. The minimum atomic E-state index is -1.16. The van der Waals surface area contributed by atoms with Gasteiger partial charge in [0.15, 0.2) is 0 Å². The van der Waals surface area contributed by atoms with E-state index in [0.29, 0.717) is 11.7 Å². The van der Waals surface area contributed by atoms with Crippen LogP contribution < -0.4 is 9.20 Å². The second-order valence-corrected chi connectivity index (χ2v) is 7.73. The average molecular weight is 296 g/mol. The maximum Gasteiger partial charge on any atom is 0.445 e. The van der Waals surface area contributed by atoms with Gasteiger partial charge in [-0.1, -0.05) is 43.9 Å². The van der Waals surface area contributed by atoms with Crippen molar-refractivity contribution in [3.63, 3.8) is 0 Å². The third-order valence-corrected chi connectivity index (χ3v) is 6.53. The van der Waals surface area contributed by atoms with Gasteiger partial charge in [-0.15, -0.1) is 0 Å². The Morgan fingerprint density at radius 2 is 1.82 bits per heavy atom. The normalized spacial score (nSPS) is 32.9. The molecule has 2 aromatic carbocycles. The van der Waals surface area contributed by atoms with E-state index in [1.807, 2.05) is 0 Å². The molecule has 1 saturated heterocycles. The van der Waals surface area contributed by atoms with Crippen molar-refractivity contribution in [3.8, 4) is 0 Å². The van der Waals surface area contributed by atoms with E-state index in [0.717, 1.165) is 11.0 Å². The summed E-state index contributed by atoms with van der Waals surface area (Å²) in [7, 11) is 6.85. The zero-order valence-electron chi connectivity index (χ0n) is 14.2. The lowest BCUT2D eigenvalue weighted by Gasteiger charge is -2.62. The molecule has 2 aliphatic rings. The van der Waals surface area contributed by atoms with Crippen LogP contribution in [0.2, 0.25) is 5.82 Å². The Hall–Kier alpha value is -1.52. The summed E-state index contributed by atoms with van der Waals surface area (Å²) >= 11 is 0. The third kappa shape index (κ3) is 1.40. The lowest BCUT2D eigenvalue weighted by atomic mass is 9.46. The monoisotopic (exact) mass is 296 g/mol. The molecule has 0 amide bonds. The van der Waals surface area contributed by atoms with Crippen LogP contribution in [0.25, 0.3) is 10.8 Å². The fraction of sp³-hybridized carbons (Fsp3) is 0.444. The Balaban J connectivity index is 2.08. The molecule has 0 aliphatic carbocycles. The van der Waals surface area contributed by atoms with Gasteiger partial charge in [0.2, 0.25) is 0 Å². The molecule has 0 bridgehead atoms. The van der Waals surface area contributed by atoms with Crippen LogP contribution in [-0.2, 0) is 4.65 Å². The van der Waals surface area contributed by atoms with Crippen LogP contribution >= 0.6 is 0 Å². The fourth-order valence-corrected chi connectivity index (χ4v) is 5.17. The number of nitrogens with zero attached hydrogens (tertiary/aromatic N) is 2. The summed E-state index contributed by atoms with van der Waals surface area (Å²) in [5.41, 5.74) is 2.69. The molecular weight excluding hydrogens is 271 g/mol. The molecule has 4 rings (SSSR count). The summed E-state index contributed by atoms with van der Waals surface area (Å²) in [6, 6.07) is 13.3. The van der Waals surface area contributed by atoms with Gasteiger partial charge in [0, 0.05) is 26.4 Å². The molecule has 1 spiro atoms. The number of hydrogen-bond donors (Lipinski definition) is 0. The standard InChI is InChI=1S/C18H25BN2O/c1-13-12-22-19(14(13)2)20(3)16-10-6-8-15-9-7-11-17(18(15)16)21(19,4)5/h6-11,13-14H,12H2,1-5H3. The molecule has 2 aromatic rings. The Kier molecular flexibility index (Phi) is 2.74. The maximum absolute atomic E-state index is 6.58. The largest absolute Gasteiger partial charge is 0.519 e. The molecule has 0 saturated carbocycles. The summed E-state index contributed by atoms with van der Waals surface area (Å²) in [4.78, 5) is 2.45. The summed E-state index contributed by atoms with van der Waals surface area (Å²) < 4.78 is 7.38. The Morgan fingerprint density at radius 3 is 2.45 bits per heavy atom. The molecular formula is C18H25BN2O. The Labute approximate surface area is 133 Å². The third-order valence-electron chi connectivity index (χ3n) is 6.53. The van der Waals surface area contributed by atoms with E-state index in [-0.39, 0.29) is 0 Å². The van der Waals surface area contributed by atoms with Crippen molar-refractivity contribution in [1.29, 1.82) is 0 Å². The van der Waals surface area contributed by atoms with Crippen molar-refractivity contribution in [2.45, 2.75) is 19.7 Å². The number of quaternary nitrogens is 1. The molecule has 0 radical (unpaired) electrons. The first-order valence-corrected chi connectivity index (χ1v) is 8.30. The van der Waals surface area contributed by atoms with Gasteiger partial charge in [-0.2, -0.15) is 0 Å². The molecule has 1 fully saturated rings. The van der Waals surface area contributed by atoms with Gasteiger partial charge < -0.3 is 13.9 Å². The lowest BCUT2D eigenvalue weighted by molar-refractivity contribution is 0.277. The highest BCUT2D eigenvalue weighted by molar-refractivity contribution is 6.81. The minimum Gasteiger partial charge on any atom is -0.519 e. The highest BCUT2D eigenvalue weighted by atomic mass is 16.5. The van der Waals surface area contributed by atoms with Gasteiger partial charge in [0.1, 0.15) is 5.69 Å². The van der Waals surface area contributed by atoms with E-state index < -0.39 is 6.62 Å². The van der Waals surface area contributed by atoms with Crippen molar-refractivity contribution in [1.82, 2.24) is 4.39 Å². The van der Waals surface area contributed by atoms with Crippen LogP contribution in [-0.4, -0.2) is 34.4 Å². The molecule has 2 heterocycles. The van der Waals surface area contributed by atoms with Gasteiger partial charge in [-0.05, 0) is 30.5 Å². The molecule has 2 aliphatic heterocycles. The van der Waals surface area contributed by atoms with E-state index in [1.165, 1.54) is 22.1 Å². The van der Waals surface area contributed by atoms with Gasteiger partial charge in [0.25, 0.3) is 0 Å². The van der Waals surface area contributed by atoms with Crippen LogP contribution in [0.5, 0.6) is 0 Å². The van der Waals surface area contributed by atoms with E-state index >= 15 is 0 Å². The maximum atomic E-state index is 6.58. The fourth-order valence-electron chi connectivity index (χ4n) is 5.17. The first-order chi connectivity index (χ1) is 10.4. The number of benzene rings is 2. The van der Waals surface area contributed by atoms with Gasteiger partial charge >= 0.3 is 6.62 Å². The van der Waals surface area contributed by atoms with Gasteiger partial charge in [-0.25, -0.2) is 0 Å². The molecule has 3 unspecified atom stereocenters. The summed E-state index contributed by atoms with van der Waals surface area (Å²) in [6.07, 6.45) is 0. The first-order valence-electron chi connectivity index (χ1n) is 8.30. The predicted molar refractivity (Wildman–Crippen MR) is 96.3 cm³/mol. The smallest absolute Gasteiger partial charge is 0.445 e. The second-order valence-electron chi connectivity index (χ2n) is 7.73. The van der Waals surface area contributed by atoms with E-state index in [1.54, 1.807) is 0 Å². The first kappa shape index (κ1) is 14.1. The van der Waals surface area contributed by atoms with Crippen molar-refractivity contribution in [2.24, 2.45) is 5.92 Å². The van der Waals surface area contributed by atoms with Gasteiger partial charge in [-0.3, -0.25) is 0 Å². The molecule has 116 valence electrons. The van der Waals surface area contributed by atoms with Crippen molar-refractivity contribution in [3.05, 3.63) is 36.4 Å². The van der Waals surface area contributed by atoms with Crippen LogP contribution in [0.4, 0.5) is 11.4 Å². The highest BCUT2D eigenvalue weighted by Crippen LogP contribution is 2.53.